The van der Waals surface area contributed by atoms with Crippen molar-refractivity contribution in [2.24, 2.45) is 0 Å². The molecule has 0 heterocycles. The van der Waals surface area contributed by atoms with Crippen molar-refractivity contribution >= 4 is 35.0 Å². The Labute approximate surface area is 163 Å². The van der Waals surface area contributed by atoms with Gasteiger partial charge < -0.3 is 20.1 Å². The van der Waals surface area contributed by atoms with Crippen LogP contribution >= 0.6 is 11.8 Å². The molecule has 0 bridgehead atoms. The third-order valence-electron chi connectivity index (χ3n) is 3.36. The lowest BCUT2D eigenvalue weighted by molar-refractivity contribution is -0.114. The lowest BCUT2D eigenvalue weighted by Gasteiger charge is -2.11. The molecule has 0 aliphatic carbocycles. The molecule has 0 spiro atoms. The van der Waals surface area contributed by atoms with E-state index in [4.69, 9.17) is 9.47 Å². The maximum Gasteiger partial charge on any atom is 0.234 e. The number of thioether (sulfide) groups is 1. The first-order valence-corrected chi connectivity index (χ1v) is 9.70. The normalized spacial score (nSPS) is 10.4. The molecule has 6 nitrogen and oxygen atoms in total. The molecule has 2 rings (SSSR count). The third-order valence-corrected chi connectivity index (χ3v) is 4.29. The van der Waals surface area contributed by atoms with Crippen molar-refractivity contribution in [1.29, 1.82) is 0 Å². The van der Waals surface area contributed by atoms with Crippen LogP contribution in [-0.2, 0) is 9.59 Å². The van der Waals surface area contributed by atoms with Crippen LogP contribution in [0.1, 0.15) is 13.8 Å². The van der Waals surface area contributed by atoms with E-state index in [9.17, 15) is 9.59 Å². The van der Waals surface area contributed by atoms with Crippen LogP contribution in [0.25, 0.3) is 0 Å². The van der Waals surface area contributed by atoms with Gasteiger partial charge in [-0.05, 0) is 50.2 Å². The number of para-hydroxylation sites is 2. The molecule has 2 N–H and O–H groups in total. The van der Waals surface area contributed by atoms with Gasteiger partial charge in [-0.2, -0.15) is 0 Å². The Kier molecular flexibility index (Phi) is 8.00. The highest BCUT2D eigenvalue weighted by molar-refractivity contribution is 8.00. The number of anilines is 2. The molecule has 0 unspecified atom stereocenters. The van der Waals surface area contributed by atoms with E-state index in [-0.39, 0.29) is 29.4 Å². The first kappa shape index (κ1) is 20.6. The summed E-state index contributed by atoms with van der Waals surface area (Å²) < 4.78 is 10.8. The summed E-state index contributed by atoms with van der Waals surface area (Å²) in [7, 11) is 1.55. The molecule has 0 aromatic heterocycles. The summed E-state index contributed by atoms with van der Waals surface area (Å²) in [6, 6.07) is 14.4. The SMILES string of the molecule is COc1ccccc1NC(=O)CSCC(=O)Nc1ccc(OC(C)C)cc1. The number of rotatable bonds is 9. The van der Waals surface area contributed by atoms with Crippen molar-refractivity contribution in [3.63, 3.8) is 0 Å². The summed E-state index contributed by atoms with van der Waals surface area (Å²) in [5.41, 5.74) is 1.30. The molecule has 0 radical (unpaired) electrons. The van der Waals surface area contributed by atoms with E-state index in [1.165, 1.54) is 11.8 Å². The second kappa shape index (κ2) is 10.5. The fourth-order valence-corrected chi connectivity index (χ4v) is 2.87. The minimum Gasteiger partial charge on any atom is -0.495 e. The summed E-state index contributed by atoms with van der Waals surface area (Å²) >= 11 is 1.24. The minimum absolute atomic E-state index is 0.101. The van der Waals surface area contributed by atoms with Crippen LogP contribution in [0.2, 0.25) is 0 Å². The molecule has 144 valence electrons. The Morgan fingerprint density at radius 1 is 0.963 bits per heavy atom. The van der Waals surface area contributed by atoms with Gasteiger partial charge in [0.05, 0.1) is 30.4 Å². The zero-order chi connectivity index (χ0) is 19.6. The van der Waals surface area contributed by atoms with E-state index in [1.54, 1.807) is 31.4 Å². The predicted octanol–water partition coefficient (Wildman–Crippen LogP) is 3.79. The number of carbonyl (C=O) groups is 2. The van der Waals surface area contributed by atoms with Crippen LogP contribution in [-0.4, -0.2) is 36.5 Å². The van der Waals surface area contributed by atoms with E-state index in [0.29, 0.717) is 17.1 Å². The second-order valence-corrected chi connectivity index (χ2v) is 6.97. The standard InChI is InChI=1S/C20H24N2O4S/c1-14(2)26-16-10-8-15(9-11-16)21-19(23)12-27-13-20(24)22-17-6-4-5-7-18(17)25-3/h4-11,14H,12-13H2,1-3H3,(H,21,23)(H,22,24). The number of carbonyl (C=O) groups excluding carboxylic acids is 2. The van der Waals surface area contributed by atoms with Crippen LogP contribution in [0.3, 0.4) is 0 Å². The van der Waals surface area contributed by atoms with Crippen molar-refractivity contribution in [1.82, 2.24) is 0 Å². The number of ether oxygens (including phenoxy) is 2. The number of benzene rings is 2. The first-order valence-electron chi connectivity index (χ1n) is 8.55. The number of amides is 2. The lowest BCUT2D eigenvalue weighted by atomic mass is 10.3. The van der Waals surface area contributed by atoms with Crippen LogP contribution in [0.4, 0.5) is 11.4 Å². The number of hydrogen-bond acceptors (Lipinski definition) is 5. The van der Waals surface area contributed by atoms with Gasteiger partial charge >= 0.3 is 0 Å². The Morgan fingerprint density at radius 3 is 2.22 bits per heavy atom. The molecule has 0 saturated carbocycles. The van der Waals surface area contributed by atoms with Gasteiger partial charge in [-0.25, -0.2) is 0 Å². The average Bonchev–Trinajstić information content (AvgIpc) is 2.63. The van der Waals surface area contributed by atoms with Crippen LogP contribution < -0.4 is 20.1 Å². The van der Waals surface area contributed by atoms with E-state index in [2.05, 4.69) is 10.6 Å². The van der Waals surface area contributed by atoms with Crippen molar-refractivity contribution in [2.45, 2.75) is 20.0 Å². The molecular weight excluding hydrogens is 364 g/mol. The fourth-order valence-electron chi connectivity index (χ4n) is 2.26. The number of hydrogen-bond donors (Lipinski definition) is 2. The van der Waals surface area contributed by atoms with Crippen molar-refractivity contribution in [2.75, 3.05) is 29.2 Å². The summed E-state index contributed by atoms with van der Waals surface area (Å²) in [6.45, 7) is 3.91. The van der Waals surface area contributed by atoms with Gasteiger partial charge in [-0.1, -0.05) is 12.1 Å². The van der Waals surface area contributed by atoms with Crippen molar-refractivity contribution < 1.29 is 19.1 Å². The third kappa shape index (κ3) is 7.22. The van der Waals surface area contributed by atoms with Gasteiger partial charge in [0, 0.05) is 5.69 Å². The fraction of sp³-hybridized carbons (Fsp3) is 0.300. The Balaban J connectivity index is 1.73. The van der Waals surface area contributed by atoms with Crippen molar-refractivity contribution in [3.05, 3.63) is 48.5 Å². The van der Waals surface area contributed by atoms with Crippen molar-refractivity contribution in [3.8, 4) is 11.5 Å². The molecule has 0 saturated heterocycles. The van der Waals surface area contributed by atoms with E-state index in [0.717, 1.165) is 5.75 Å². The highest BCUT2D eigenvalue weighted by atomic mass is 32.2. The zero-order valence-electron chi connectivity index (χ0n) is 15.7. The van der Waals surface area contributed by atoms with Gasteiger partial charge in [0.1, 0.15) is 11.5 Å². The second-order valence-electron chi connectivity index (χ2n) is 5.98. The molecule has 0 aliphatic heterocycles. The zero-order valence-corrected chi connectivity index (χ0v) is 16.5. The van der Waals surface area contributed by atoms with Gasteiger partial charge in [-0.3, -0.25) is 9.59 Å². The van der Waals surface area contributed by atoms with Crippen LogP contribution in [0.5, 0.6) is 11.5 Å². The van der Waals surface area contributed by atoms with E-state index >= 15 is 0 Å². The molecule has 2 aromatic rings. The Bertz CT molecular complexity index is 763. The Morgan fingerprint density at radius 2 is 1.59 bits per heavy atom. The summed E-state index contributed by atoms with van der Waals surface area (Å²) in [5.74, 6) is 1.36. The number of nitrogens with one attached hydrogen (secondary N) is 2. The van der Waals surface area contributed by atoms with E-state index < -0.39 is 0 Å². The highest BCUT2D eigenvalue weighted by Gasteiger charge is 2.09. The maximum absolute atomic E-state index is 12.0. The quantitative estimate of drug-likeness (QED) is 0.683. The molecule has 27 heavy (non-hydrogen) atoms. The largest absolute Gasteiger partial charge is 0.495 e. The molecular formula is C20H24N2O4S. The predicted molar refractivity (Wildman–Crippen MR) is 110 cm³/mol. The minimum atomic E-state index is -0.188. The average molecular weight is 388 g/mol. The highest BCUT2D eigenvalue weighted by Crippen LogP contribution is 2.23. The molecule has 0 atom stereocenters. The summed E-state index contributed by atoms with van der Waals surface area (Å²) in [6.07, 6.45) is 0.101. The Hall–Kier alpha value is -2.67. The summed E-state index contributed by atoms with van der Waals surface area (Å²) in [4.78, 5) is 24.0. The monoisotopic (exact) mass is 388 g/mol. The van der Waals surface area contributed by atoms with Crippen LogP contribution in [0, 0.1) is 0 Å². The van der Waals surface area contributed by atoms with Gasteiger partial charge in [0.25, 0.3) is 0 Å². The first-order chi connectivity index (χ1) is 13.0. The lowest BCUT2D eigenvalue weighted by Crippen LogP contribution is -2.18. The maximum atomic E-state index is 12.0. The molecule has 2 aromatic carbocycles. The molecule has 0 aliphatic rings. The molecule has 7 heteroatoms. The molecule has 0 fully saturated rings. The van der Waals surface area contributed by atoms with Gasteiger partial charge in [-0.15, -0.1) is 11.8 Å². The summed E-state index contributed by atoms with van der Waals surface area (Å²) in [5, 5.41) is 5.57. The topological polar surface area (TPSA) is 76.7 Å². The van der Waals surface area contributed by atoms with Gasteiger partial charge in [0.15, 0.2) is 0 Å². The number of methoxy groups -OCH3 is 1. The van der Waals surface area contributed by atoms with Crippen LogP contribution in [0.15, 0.2) is 48.5 Å². The van der Waals surface area contributed by atoms with Gasteiger partial charge in [0.2, 0.25) is 11.8 Å². The van der Waals surface area contributed by atoms with E-state index in [1.807, 2.05) is 38.1 Å². The smallest absolute Gasteiger partial charge is 0.234 e. The molecule has 2 amide bonds.